The van der Waals surface area contributed by atoms with E-state index in [-0.39, 0.29) is 11.5 Å². The van der Waals surface area contributed by atoms with Gasteiger partial charge in [-0.3, -0.25) is 0 Å². The normalized spacial score (nSPS) is 23.3. The van der Waals surface area contributed by atoms with Crippen molar-refractivity contribution in [1.29, 1.82) is 0 Å². The van der Waals surface area contributed by atoms with Crippen LogP contribution in [0.1, 0.15) is 65.4 Å². The van der Waals surface area contributed by atoms with Crippen LogP contribution in [0.4, 0.5) is 4.79 Å². The van der Waals surface area contributed by atoms with Crippen LogP contribution in [0.2, 0.25) is 0 Å². The van der Waals surface area contributed by atoms with Gasteiger partial charge in [-0.1, -0.05) is 61.9 Å². The minimum absolute atomic E-state index is 0.188. The average molecular weight is 541 g/mol. The molecule has 1 amide bonds. The molecule has 2 aromatic rings. The van der Waals surface area contributed by atoms with Crippen LogP contribution in [0.25, 0.3) is 0 Å². The molecule has 1 saturated heterocycles. The van der Waals surface area contributed by atoms with Crippen molar-refractivity contribution in [3.63, 3.8) is 0 Å². The minimum Gasteiger partial charge on any atom is -0.444 e. The molecule has 1 heterocycles. The lowest BCUT2D eigenvalue weighted by Crippen LogP contribution is -2.47. The van der Waals surface area contributed by atoms with E-state index >= 15 is 0 Å². The second kappa shape index (κ2) is 11.4. The molecule has 3 atom stereocenters. The molecule has 208 valence electrons. The molecule has 2 aromatic carbocycles. The van der Waals surface area contributed by atoms with E-state index in [0.717, 1.165) is 37.9 Å². The summed E-state index contributed by atoms with van der Waals surface area (Å²) in [7, 11) is -1.89. The first kappa shape index (κ1) is 28.6. The fourth-order valence-electron chi connectivity index (χ4n) is 6.51. The summed E-state index contributed by atoms with van der Waals surface area (Å²) in [5, 5.41) is 0. The maximum atomic E-state index is 13.3. The SMILES string of the molecule is CN(C[C@@](C)(CCCC1C2CCC1CN(C(=O)OC(C)(C)C)C2)c1ccccc1)S(=O)(=O)c1ccccc1. The number of likely N-dealkylation sites (tertiary alicyclic amines) is 1. The van der Waals surface area contributed by atoms with Crippen LogP contribution >= 0.6 is 0 Å². The number of piperidine rings is 1. The first-order valence-corrected chi connectivity index (χ1v) is 15.4. The van der Waals surface area contributed by atoms with Crippen LogP contribution in [0, 0.1) is 17.8 Å². The van der Waals surface area contributed by atoms with E-state index in [4.69, 9.17) is 4.74 Å². The highest BCUT2D eigenvalue weighted by Crippen LogP contribution is 2.45. The van der Waals surface area contributed by atoms with Gasteiger partial charge in [-0.25, -0.2) is 17.5 Å². The molecular formula is C31H44N2O4S. The second-order valence-corrected chi connectivity index (χ2v) is 14.6. The molecule has 38 heavy (non-hydrogen) atoms. The van der Waals surface area contributed by atoms with Gasteiger partial charge < -0.3 is 9.64 Å². The Kier molecular flexibility index (Phi) is 8.58. The van der Waals surface area contributed by atoms with E-state index in [1.165, 1.54) is 17.1 Å². The van der Waals surface area contributed by atoms with Crippen molar-refractivity contribution in [2.24, 2.45) is 17.8 Å². The maximum absolute atomic E-state index is 13.3. The fourth-order valence-corrected chi connectivity index (χ4v) is 7.83. The number of rotatable bonds is 9. The van der Waals surface area contributed by atoms with Crippen molar-refractivity contribution in [2.75, 3.05) is 26.7 Å². The van der Waals surface area contributed by atoms with E-state index in [1.54, 1.807) is 31.3 Å². The highest BCUT2D eigenvalue weighted by Gasteiger charge is 2.44. The molecule has 2 fully saturated rings. The van der Waals surface area contributed by atoms with Crippen molar-refractivity contribution in [3.05, 3.63) is 66.2 Å². The summed E-state index contributed by atoms with van der Waals surface area (Å²) in [6, 6.07) is 19.0. The van der Waals surface area contributed by atoms with Gasteiger partial charge in [0, 0.05) is 32.1 Å². The number of benzene rings is 2. The summed E-state index contributed by atoms with van der Waals surface area (Å²) in [6.45, 7) is 9.92. The van der Waals surface area contributed by atoms with Crippen LogP contribution in [0.15, 0.2) is 65.6 Å². The lowest BCUT2D eigenvalue weighted by molar-refractivity contribution is 0.00695. The second-order valence-electron chi connectivity index (χ2n) is 12.5. The Hall–Kier alpha value is -2.38. The maximum Gasteiger partial charge on any atom is 0.410 e. The van der Waals surface area contributed by atoms with E-state index in [1.807, 2.05) is 49.9 Å². The van der Waals surface area contributed by atoms with Gasteiger partial charge in [0.15, 0.2) is 0 Å². The third kappa shape index (κ3) is 6.60. The molecule has 0 spiro atoms. The van der Waals surface area contributed by atoms with Gasteiger partial charge in [0.2, 0.25) is 10.0 Å². The van der Waals surface area contributed by atoms with Gasteiger partial charge in [0.25, 0.3) is 0 Å². The molecule has 0 N–H and O–H groups in total. The number of fused-ring (bicyclic) bond motifs is 2. The van der Waals surface area contributed by atoms with Crippen molar-refractivity contribution in [1.82, 2.24) is 9.21 Å². The summed E-state index contributed by atoms with van der Waals surface area (Å²) in [5.74, 6) is 1.65. The number of nitrogens with zero attached hydrogens (tertiary/aromatic N) is 2. The Balaban J connectivity index is 1.42. The number of hydrogen-bond donors (Lipinski definition) is 0. The molecule has 1 saturated carbocycles. The van der Waals surface area contributed by atoms with Gasteiger partial charge in [0.1, 0.15) is 5.60 Å². The third-order valence-corrected chi connectivity index (χ3v) is 10.3. The molecule has 0 radical (unpaired) electrons. The monoisotopic (exact) mass is 540 g/mol. The van der Waals surface area contributed by atoms with E-state index < -0.39 is 15.6 Å². The number of sulfonamides is 1. The van der Waals surface area contributed by atoms with Gasteiger partial charge >= 0.3 is 6.09 Å². The van der Waals surface area contributed by atoms with Crippen molar-refractivity contribution in [2.45, 2.75) is 75.7 Å². The van der Waals surface area contributed by atoms with E-state index in [2.05, 4.69) is 19.1 Å². The predicted molar refractivity (Wildman–Crippen MR) is 151 cm³/mol. The molecule has 7 heteroatoms. The first-order chi connectivity index (χ1) is 17.9. The molecule has 6 nitrogen and oxygen atoms in total. The number of carbonyl (C=O) groups is 1. The van der Waals surface area contributed by atoms with Gasteiger partial charge in [-0.05, 0) is 81.9 Å². The number of likely N-dealkylation sites (N-methyl/N-ethyl adjacent to an activating group) is 1. The average Bonchev–Trinajstić information content (AvgIpc) is 3.10. The van der Waals surface area contributed by atoms with Crippen LogP contribution in [-0.4, -0.2) is 56.0 Å². The quantitative estimate of drug-likeness (QED) is 0.373. The Labute approximate surface area is 229 Å². The Morgan fingerprint density at radius 2 is 1.50 bits per heavy atom. The van der Waals surface area contributed by atoms with Gasteiger partial charge in [-0.2, -0.15) is 0 Å². The zero-order chi connectivity index (χ0) is 27.6. The molecule has 1 aliphatic carbocycles. The van der Waals surface area contributed by atoms with Crippen LogP contribution in [0.5, 0.6) is 0 Å². The summed E-state index contributed by atoms with van der Waals surface area (Å²) in [6.07, 6.45) is 5.18. The third-order valence-electron chi connectivity index (χ3n) is 8.44. The Morgan fingerprint density at radius 1 is 0.947 bits per heavy atom. The lowest BCUT2D eigenvalue weighted by atomic mass is 9.75. The van der Waals surface area contributed by atoms with Crippen LogP contribution in [0.3, 0.4) is 0 Å². The zero-order valence-electron chi connectivity index (χ0n) is 23.6. The van der Waals surface area contributed by atoms with Crippen LogP contribution < -0.4 is 0 Å². The highest BCUT2D eigenvalue weighted by molar-refractivity contribution is 7.89. The number of ether oxygens (including phenoxy) is 1. The van der Waals surface area contributed by atoms with Crippen molar-refractivity contribution < 1.29 is 17.9 Å². The predicted octanol–water partition coefficient (Wildman–Crippen LogP) is 6.33. The molecular weight excluding hydrogens is 496 g/mol. The summed E-state index contributed by atoms with van der Waals surface area (Å²) < 4.78 is 33.8. The van der Waals surface area contributed by atoms with Crippen molar-refractivity contribution >= 4 is 16.1 Å². The minimum atomic E-state index is -3.58. The van der Waals surface area contributed by atoms with E-state index in [0.29, 0.717) is 29.2 Å². The molecule has 1 aliphatic heterocycles. The number of carbonyl (C=O) groups excluding carboxylic acids is 1. The summed E-state index contributed by atoms with van der Waals surface area (Å²) in [4.78, 5) is 14.9. The first-order valence-electron chi connectivity index (χ1n) is 13.9. The Bertz CT molecular complexity index is 1170. The Morgan fingerprint density at radius 3 is 2.05 bits per heavy atom. The summed E-state index contributed by atoms with van der Waals surface area (Å²) in [5.41, 5.74) is 0.377. The zero-order valence-corrected chi connectivity index (χ0v) is 24.4. The molecule has 2 bridgehead atoms. The number of hydrogen-bond acceptors (Lipinski definition) is 4. The van der Waals surface area contributed by atoms with Gasteiger partial charge in [0.05, 0.1) is 4.90 Å². The molecule has 4 rings (SSSR count). The topological polar surface area (TPSA) is 66.9 Å². The molecule has 0 aromatic heterocycles. The fraction of sp³-hybridized carbons (Fsp3) is 0.581. The van der Waals surface area contributed by atoms with Crippen molar-refractivity contribution in [3.8, 4) is 0 Å². The number of amides is 1. The van der Waals surface area contributed by atoms with Gasteiger partial charge in [-0.15, -0.1) is 0 Å². The molecule has 2 unspecified atom stereocenters. The molecule has 2 aliphatic rings. The highest BCUT2D eigenvalue weighted by atomic mass is 32.2. The summed E-state index contributed by atoms with van der Waals surface area (Å²) >= 11 is 0. The largest absolute Gasteiger partial charge is 0.444 e. The lowest BCUT2D eigenvalue weighted by Gasteiger charge is -2.39. The van der Waals surface area contributed by atoms with E-state index in [9.17, 15) is 13.2 Å². The smallest absolute Gasteiger partial charge is 0.410 e. The van der Waals surface area contributed by atoms with Crippen LogP contribution in [-0.2, 0) is 20.2 Å². The standard InChI is InChI=1S/C31H44N2O4S/c1-30(2,3)37-29(34)33-21-24-18-19-25(22-33)28(24)17-12-20-31(4,26-13-8-6-9-14-26)23-32(5)38(35,36)27-15-10-7-11-16-27/h6-11,13-16,24-25,28H,12,17-23H2,1-5H3/t24?,25?,28?,31-/m1/s1.